The monoisotopic (exact) mass is 390 g/mol. The highest BCUT2D eigenvalue weighted by Crippen LogP contribution is 2.43. The fraction of sp³-hybridized carbons (Fsp3) is 0.364. The summed E-state index contributed by atoms with van der Waals surface area (Å²) in [4.78, 5) is 24.0. The van der Waals surface area contributed by atoms with E-state index in [9.17, 15) is 4.79 Å². The van der Waals surface area contributed by atoms with Gasteiger partial charge in [-0.3, -0.25) is 9.78 Å². The Bertz CT molecular complexity index is 1010. The molecule has 0 N–H and O–H groups in total. The molecule has 0 spiro atoms. The normalized spacial score (nSPS) is 23.2. The highest BCUT2D eigenvalue weighted by Gasteiger charge is 2.45. The number of hydrogen-bond donors (Lipinski definition) is 0. The molecule has 3 aromatic rings. The van der Waals surface area contributed by atoms with Gasteiger partial charge in [-0.25, -0.2) is 0 Å². The lowest BCUT2D eigenvalue weighted by Crippen LogP contribution is -2.46. The van der Waals surface area contributed by atoms with Gasteiger partial charge in [0, 0.05) is 41.5 Å². The Morgan fingerprint density at radius 3 is 2.72 bits per heavy atom. The Balaban J connectivity index is 1.34. The van der Waals surface area contributed by atoms with Crippen molar-refractivity contribution in [2.75, 3.05) is 7.11 Å². The van der Waals surface area contributed by atoms with Gasteiger partial charge in [0.05, 0.1) is 7.11 Å². The summed E-state index contributed by atoms with van der Waals surface area (Å²) in [5, 5.41) is 4.13. The summed E-state index contributed by atoms with van der Waals surface area (Å²) in [6.07, 6.45) is 7.17. The Kier molecular flexibility index (Phi) is 4.50. The van der Waals surface area contributed by atoms with Gasteiger partial charge in [0.2, 0.25) is 11.7 Å². The van der Waals surface area contributed by atoms with Crippen LogP contribution < -0.4 is 4.74 Å². The van der Waals surface area contributed by atoms with E-state index in [4.69, 9.17) is 9.26 Å². The number of hydrogen-bond acceptors (Lipinski definition) is 6. The number of rotatable bonds is 4. The van der Waals surface area contributed by atoms with Crippen LogP contribution >= 0.6 is 0 Å². The fourth-order valence-corrected chi connectivity index (χ4v) is 4.63. The molecule has 148 valence electrons. The molecule has 2 aromatic heterocycles. The SMILES string of the molecule is COc1cccc(C(=O)N2C3CCC2CC(c2nc(-c4cccnc4)no2)C3)c1. The lowest BCUT2D eigenvalue weighted by Gasteiger charge is -2.38. The average Bonchev–Trinajstić information content (AvgIpc) is 3.37. The Morgan fingerprint density at radius 2 is 2.00 bits per heavy atom. The first-order valence-corrected chi connectivity index (χ1v) is 9.93. The Labute approximate surface area is 168 Å². The van der Waals surface area contributed by atoms with Crippen LogP contribution in [0, 0.1) is 0 Å². The minimum atomic E-state index is 0.0800. The minimum Gasteiger partial charge on any atom is -0.497 e. The van der Waals surface area contributed by atoms with Crippen molar-refractivity contribution >= 4 is 5.91 Å². The molecule has 7 heteroatoms. The highest BCUT2D eigenvalue weighted by atomic mass is 16.5. The van der Waals surface area contributed by atoms with Crippen LogP contribution in [0.2, 0.25) is 0 Å². The first kappa shape index (κ1) is 17.8. The predicted molar refractivity (Wildman–Crippen MR) is 105 cm³/mol. The minimum absolute atomic E-state index is 0.0800. The molecule has 2 aliphatic rings. The van der Waals surface area contributed by atoms with Crippen molar-refractivity contribution in [3.8, 4) is 17.1 Å². The number of carbonyl (C=O) groups is 1. The van der Waals surface area contributed by atoms with E-state index in [0.717, 1.165) is 31.2 Å². The molecule has 5 rings (SSSR count). The Morgan fingerprint density at radius 1 is 1.17 bits per heavy atom. The van der Waals surface area contributed by atoms with Gasteiger partial charge in [-0.15, -0.1) is 0 Å². The molecule has 2 aliphatic heterocycles. The molecule has 0 radical (unpaired) electrons. The number of ether oxygens (including phenoxy) is 1. The zero-order chi connectivity index (χ0) is 19.8. The zero-order valence-corrected chi connectivity index (χ0v) is 16.2. The third-order valence-corrected chi connectivity index (χ3v) is 5.99. The molecule has 2 fully saturated rings. The van der Waals surface area contributed by atoms with Gasteiger partial charge in [-0.2, -0.15) is 4.98 Å². The van der Waals surface area contributed by atoms with Crippen molar-refractivity contribution in [2.45, 2.75) is 43.7 Å². The van der Waals surface area contributed by atoms with Gasteiger partial charge >= 0.3 is 0 Å². The largest absolute Gasteiger partial charge is 0.497 e. The molecule has 0 saturated carbocycles. The van der Waals surface area contributed by atoms with E-state index in [2.05, 4.69) is 20.0 Å². The molecule has 4 heterocycles. The van der Waals surface area contributed by atoms with Crippen LogP contribution in [0.3, 0.4) is 0 Å². The molecule has 2 saturated heterocycles. The average molecular weight is 390 g/mol. The molecule has 2 bridgehead atoms. The second-order valence-corrected chi connectivity index (χ2v) is 7.70. The maximum absolute atomic E-state index is 13.2. The quantitative estimate of drug-likeness (QED) is 0.676. The number of amides is 1. The van der Waals surface area contributed by atoms with Crippen molar-refractivity contribution in [2.24, 2.45) is 0 Å². The van der Waals surface area contributed by atoms with E-state index >= 15 is 0 Å². The number of benzene rings is 1. The van der Waals surface area contributed by atoms with Gasteiger partial charge in [-0.1, -0.05) is 11.2 Å². The van der Waals surface area contributed by atoms with Gasteiger partial charge in [0.1, 0.15) is 5.75 Å². The molecular formula is C22H22N4O3. The van der Waals surface area contributed by atoms with Crippen molar-refractivity contribution in [1.82, 2.24) is 20.0 Å². The lowest BCUT2D eigenvalue weighted by atomic mass is 9.90. The molecule has 0 aliphatic carbocycles. The van der Waals surface area contributed by atoms with Gasteiger partial charge in [0.15, 0.2) is 0 Å². The first-order chi connectivity index (χ1) is 14.2. The summed E-state index contributed by atoms with van der Waals surface area (Å²) in [5.74, 6) is 2.19. The Hall–Kier alpha value is -3.22. The van der Waals surface area contributed by atoms with Crippen molar-refractivity contribution in [1.29, 1.82) is 0 Å². The van der Waals surface area contributed by atoms with E-state index in [1.165, 1.54) is 0 Å². The summed E-state index contributed by atoms with van der Waals surface area (Å²) in [6.45, 7) is 0. The van der Waals surface area contributed by atoms with Crippen molar-refractivity contribution < 1.29 is 14.1 Å². The maximum atomic E-state index is 13.2. The van der Waals surface area contributed by atoms with Crippen LogP contribution in [0.5, 0.6) is 5.75 Å². The molecule has 2 atom stereocenters. The maximum Gasteiger partial charge on any atom is 0.254 e. The molecule has 2 unspecified atom stereocenters. The van der Waals surface area contributed by atoms with Crippen LogP contribution in [0.15, 0.2) is 53.3 Å². The van der Waals surface area contributed by atoms with E-state index in [1.807, 2.05) is 36.4 Å². The summed E-state index contributed by atoms with van der Waals surface area (Å²) in [5.41, 5.74) is 1.52. The van der Waals surface area contributed by atoms with Crippen LogP contribution in [-0.2, 0) is 0 Å². The second-order valence-electron chi connectivity index (χ2n) is 7.70. The molecular weight excluding hydrogens is 368 g/mol. The zero-order valence-electron chi connectivity index (χ0n) is 16.2. The summed E-state index contributed by atoms with van der Waals surface area (Å²) >= 11 is 0. The second kappa shape index (κ2) is 7.31. The van der Waals surface area contributed by atoms with E-state index in [1.54, 1.807) is 19.5 Å². The van der Waals surface area contributed by atoms with Gasteiger partial charge < -0.3 is 14.2 Å². The summed E-state index contributed by atoms with van der Waals surface area (Å²) in [6, 6.07) is 11.6. The molecule has 7 nitrogen and oxygen atoms in total. The van der Waals surface area contributed by atoms with E-state index < -0.39 is 0 Å². The topological polar surface area (TPSA) is 81.4 Å². The van der Waals surface area contributed by atoms with Gasteiger partial charge in [-0.05, 0) is 56.0 Å². The summed E-state index contributed by atoms with van der Waals surface area (Å²) < 4.78 is 10.9. The number of pyridine rings is 1. The molecule has 1 aromatic carbocycles. The van der Waals surface area contributed by atoms with Crippen molar-refractivity contribution in [3.05, 3.63) is 60.2 Å². The van der Waals surface area contributed by atoms with E-state index in [-0.39, 0.29) is 23.9 Å². The molecule has 1 amide bonds. The van der Waals surface area contributed by atoms with Crippen LogP contribution in [0.25, 0.3) is 11.4 Å². The third-order valence-electron chi connectivity index (χ3n) is 5.99. The predicted octanol–water partition coefficient (Wildman–Crippen LogP) is 3.69. The number of methoxy groups -OCH3 is 1. The number of piperidine rings is 1. The van der Waals surface area contributed by atoms with E-state index in [0.29, 0.717) is 23.0 Å². The lowest BCUT2D eigenvalue weighted by molar-refractivity contribution is 0.0554. The highest BCUT2D eigenvalue weighted by molar-refractivity contribution is 5.95. The van der Waals surface area contributed by atoms with Gasteiger partial charge in [0.25, 0.3) is 5.91 Å². The smallest absolute Gasteiger partial charge is 0.254 e. The van der Waals surface area contributed by atoms with Crippen molar-refractivity contribution in [3.63, 3.8) is 0 Å². The van der Waals surface area contributed by atoms with Crippen LogP contribution in [-0.4, -0.2) is 45.1 Å². The first-order valence-electron chi connectivity index (χ1n) is 9.93. The number of aromatic nitrogens is 3. The van der Waals surface area contributed by atoms with Crippen LogP contribution in [0.4, 0.5) is 0 Å². The summed E-state index contributed by atoms with van der Waals surface area (Å²) in [7, 11) is 1.61. The standard InChI is InChI=1S/C22H22N4O3/c1-28-19-6-2-4-14(12-19)22(27)26-17-7-8-18(26)11-16(10-17)21-24-20(25-29-21)15-5-3-9-23-13-15/h2-6,9,12-13,16-18H,7-8,10-11H2,1H3. The third kappa shape index (κ3) is 3.26. The number of fused-ring (bicyclic) bond motifs is 2. The number of carbonyl (C=O) groups excluding carboxylic acids is 1. The molecule has 29 heavy (non-hydrogen) atoms. The van der Waals surface area contributed by atoms with Crippen LogP contribution in [0.1, 0.15) is 47.8 Å². The number of nitrogens with zero attached hydrogens (tertiary/aromatic N) is 4. The fourth-order valence-electron chi connectivity index (χ4n) is 4.63.